The summed E-state index contributed by atoms with van der Waals surface area (Å²) in [5.41, 5.74) is 0.880. The Morgan fingerprint density at radius 1 is 1.09 bits per heavy atom. The van der Waals surface area contributed by atoms with E-state index in [4.69, 9.17) is 0 Å². The first-order valence-corrected chi connectivity index (χ1v) is 14.4. The van der Waals surface area contributed by atoms with E-state index in [2.05, 4.69) is 43.9 Å². The van der Waals surface area contributed by atoms with E-state index in [1.165, 1.54) is 5.57 Å². The highest BCUT2D eigenvalue weighted by Crippen LogP contribution is 2.48. The SMILES string of the molecule is CCCCN(CCCC)C(=O)CCCCC1=C[C@H]2C[C@@H](O)[C@H](/C=C/C[C@@](C)(O)CCCC)[C@H]2C1. The molecule has 0 aromatic carbocycles. The minimum absolute atomic E-state index is 0.202. The second-order valence-corrected chi connectivity index (χ2v) is 11.3. The number of carbonyl (C=O) groups is 1. The van der Waals surface area contributed by atoms with Crippen LogP contribution in [0, 0.1) is 17.8 Å². The Morgan fingerprint density at radius 3 is 2.41 bits per heavy atom. The van der Waals surface area contributed by atoms with Crippen LogP contribution < -0.4 is 0 Å². The molecule has 4 heteroatoms. The van der Waals surface area contributed by atoms with Gasteiger partial charge in [0.25, 0.3) is 0 Å². The zero-order chi connectivity index (χ0) is 25.0. The predicted molar refractivity (Wildman–Crippen MR) is 143 cm³/mol. The van der Waals surface area contributed by atoms with Gasteiger partial charge in [-0.15, -0.1) is 0 Å². The molecular formula is C30H53NO3. The molecule has 0 aliphatic heterocycles. The van der Waals surface area contributed by atoms with Crippen LogP contribution in [-0.4, -0.2) is 45.8 Å². The highest BCUT2D eigenvalue weighted by Gasteiger charge is 2.43. The van der Waals surface area contributed by atoms with Gasteiger partial charge in [-0.25, -0.2) is 0 Å². The van der Waals surface area contributed by atoms with E-state index >= 15 is 0 Å². The Hall–Kier alpha value is -1.13. The maximum Gasteiger partial charge on any atom is 0.222 e. The lowest BCUT2D eigenvalue weighted by atomic mass is 9.87. The average molecular weight is 476 g/mol. The number of fused-ring (bicyclic) bond motifs is 1. The van der Waals surface area contributed by atoms with Gasteiger partial charge in [-0.3, -0.25) is 4.79 Å². The Morgan fingerprint density at radius 2 is 1.76 bits per heavy atom. The van der Waals surface area contributed by atoms with E-state index in [-0.39, 0.29) is 12.0 Å². The van der Waals surface area contributed by atoms with Crippen LogP contribution in [0.3, 0.4) is 0 Å². The van der Waals surface area contributed by atoms with Gasteiger partial charge in [0.15, 0.2) is 0 Å². The van der Waals surface area contributed by atoms with Crippen molar-refractivity contribution in [1.29, 1.82) is 0 Å². The number of hydrogen-bond donors (Lipinski definition) is 2. The van der Waals surface area contributed by atoms with Crippen molar-refractivity contribution in [3.05, 3.63) is 23.8 Å². The molecule has 0 unspecified atom stereocenters. The minimum Gasteiger partial charge on any atom is -0.392 e. The second-order valence-electron chi connectivity index (χ2n) is 11.3. The molecule has 1 amide bonds. The minimum atomic E-state index is -0.644. The first-order valence-electron chi connectivity index (χ1n) is 14.4. The molecule has 0 aromatic heterocycles. The van der Waals surface area contributed by atoms with Crippen molar-refractivity contribution >= 4 is 5.91 Å². The average Bonchev–Trinajstić information content (AvgIpc) is 3.32. The molecule has 4 nitrogen and oxygen atoms in total. The molecule has 1 saturated carbocycles. The summed E-state index contributed by atoms with van der Waals surface area (Å²) in [6.45, 7) is 10.3. The quantitative estimate of drug-likeness (QED) is 0.179. The summed E-state index contributed by atoms with van der Waals surface area (Å²) in [6, 6.07) is 0. The van der Waals surface area contributed by atoms with E-state index in [0.717, 1.165) is 90.1 Å². The van der Waals surface area contributed by atoms with Gasteiger partial charge in [-0.2, -0.15) is 0 Å². The van der Waals surface area contributed by atoms with Crippen LogP contribution in [0.2, 0.25) is 0 Å². The van der Waals surface area contributed by atoms with Crippen molar-refractivity contribution in [2.24, 2.45) is 17.8 Å². The molecule has 0 heterocycles. The van der Waals surface area contributed by atoms with Gasteiger partial charge in [0, 0.05) is 25.4 Å². The van der Waals surface area contributed by atoms with E-state index in [1.54, 1.807) is 0 Å². The number of aliphatic hydroxyl groups excluding tert-OH is 1. The standard InChI is InChI=1S/C30H53NO3/c1-5-8-17-30(4,34)18-13-15-26-27-22-24(21-25(27)23-28(26)32)14-11-12-16-29(33)31(19-9-6-2)20-10-7-3/h13,15,21,25-28,32,34H,5-12,14,16-20,22-23H2,1-4H3/b15-13+/t25-,26+,27-,28+,30-/m0/s1. The number of carbonyl (C=O) groups excluding carboxylic acids is 1. The number of rotatable bonds is 17. The van der Waals surface area contributed by atoms with E-state index in [1.807, 2.05) is 6.92 Å². The topological polar surface area (TPSA) is 60.8 Å². The third kappa shape index (κ3) is 9.49. The van der Waals surface area contributed by atoms with Crippen LogP contribution in [-0.2, 0) is 4.79 Å². The van der Waals surface area contributed by atoms with Gasteiger partial charge in [0.1, 0.15) is 0 Å². The Kier molecular flexibility index (Phi) is 12.9. The molecule has 0 aromatic rings. The summed E-state index contributed by atoms with van der Waals surface area (Å²) < 4.78 is 0. The van der Waals surface area contributed by atoms with Crippen molar-refractivity contribution in [2.75, 3.05) is 13.1 Å². The molecule has 5 atom stereocenters. The normalized spacial score (nSPS) is 26.0. The molecule has 2 aliphatic carbocycles. The van der Waals surface area contributed by atoms with Crippen LogP contribution in [0.1, 0.15) is 118 Å². The van der Waals surface area contributed by atoms with Gasteiger partial charge in [0.05, 0.1) is 11.7 Å². The molecule has 0 radical (unpaired) electrons. The van der Waals surface area contributed by atoms with Gasteiger partial charge in [-0.1, -0.05) is 70.3 Å². The molecule has 34 heavy (non-hydrogen) atoms. The summed E-state index contributed by atoms with van der Waals surface area (Å²) in [7, 11) is 0. The number of aliphatic hydroxyl groups is 2. The van der Waals surface area contributed by atoms with Crippen LogP contribution in [0.25, 0.3) is 0 Å². The maximum atomic E-state index is 12.7. The zero-order valence-electron chi connectivity index (χ0n) is 22.6. The monoisotopic (exact) mass is 475 g/mol. The third-order valence-electron chi connectivity index (χ3n) is 7.99. The largest absolute Gasteiger partial charge is 0.392 e. The molecule has 0 saturated heterocycles. The number of allylic oxidation sites excluding steroid dienone is 2. The van der Waals surface area contributed by atoms with Crippen molar-refractivity contribution in [3.8, 4) is 0 Å². The first-order chi connectivity index (χ1) is 16.3. The molecule has 2 aliphatic rings. The van der Waals surface area contributed by atoms with E-state index in [0.29, 0.717) is 30.6 Å². The summed E-state index contributed by atoms with van der Waals surface area (Å²) in [4.78, 5) is 14.8. The van der Waals surface area contributed by atoms with Crippen molar-refractivity contribution < 1.29 is 15.0 Å². The van der Waals surface area contributed by atoms with Crippen LogP contribution in [0.15, 0.2) is 23.8 Å². The summed E-state index contributed by atoms with van der Waals surface area (Å²) in [6.07, 6.45) is 20.3. The van der Waals surface area contributed by atoms with Gasteiger partial charge in [0.2, 0.25) is 5.91 Å². The van der Waals surface area contributed by atoms with Crippen molar-refractivity contribution in [2.45, 2.75) is 129 Å². The Bertz CT molecular complexity index is 645. The highest BCUT2D eigenvalue weighted by atomic mass is 16.3. The van der Waals surface area contributed by atoms with Gasteiger partial charge < -0.3 is 15.1 Å². The van der Waals surface area contributed by atoms with Crippen molar-refractivity contribution in [3.63, 3.8) is 0 Å². The lowest BCUT2D eigenvalue weighted by Gasteiger charge is -2.23. The number of amides is 1. The summed E-state index contributed by atoms with van der Waals surface area (Å²) >= 11 is 0. The third-order valence-corrected chi connectivity index (χ3v) is 7.99. The van der Waals surface area contributed by atoms with Crippen LogP contribution in [0.4, 0.5) is 0 Å². The summed E-state index contributed by atoms with van der Waals surface area (Å²) in [5, 5.41) is 21.2. The van der Waals surface area contributed by atoms with E-state index in [9.17, 15) is 15.0 Å². The smallest absolute Gasteiger partial charge is 0.222 e. The molecule has 0 bridgehead atoms. The number of unbranched alkanes of at least 4 members (excludes halogenated alkanes) is 4. The molecule has 2 rings (SSSR count). The fourth-order valence-electron chi connectivity index (χ4n) is 5.77. The highest BCUT2D eigenvalue weighted by molar-refractivity contribution is 5.76. The molecule has 0 spiro atoms. The molecule has 1 fully saturated rings. The van der Waals surface area contributed by atoms with Gasteiger partial charge in [-0.05, 0) is 76.5 Å². The zero-order valence-corrected chi connectivity index (χ0v) is 22.6. The maximum absolute atomic E-state index is 12.7. The Labute approximate surface area is 209 Å². The van der Waals surface area contributed by atoms with Crippen LogP contribution >= 0.6 is 0 Å². The Balaban J connectivity index is 1.75. The van der Waals surface area contributed by atoms with E-state index < -0.39 is 5.60 Å². The second kappa shape index (κ2) is 15.1. The van der Waals surface area contributed by atoms with Gasteiger partial charge >= 0.3 is 0 Å². The fourth-order valence-corrected chi connectivity index (χ4v) is 5.77. The number of hydrogen-bond acceptors (Lipinski definition) is 3. The lowest BCUT2D eigenvalue weighted by molar-refractivity contribution is -0.131. The number of nitrogens with zero attached hydrogens (tertiary/aromatic N) is 1. The van der Waals surface area contributed by atoms with Crippen molar-refractivity contribution in [1.82, 2.24) is 4.90 Å². The molecular weight excluding hydrogens is 422 g/mol. The predicted octanol–water partition coefficient (Wildman–Crippen LogP) is 6.81. The molecule has 196 valence electrons. The first kappa shape index (κ1) is 29.1. The molecule has 2 N–H and O–H groups in total. The fraction of sp³-hybridized carbons (Fsp3) is 0.833. The van der Waals surface area contributed by atoms with Crippen LogP contribution in [0.5, 0.6) is 0 Å². The summed E-state index contributed by atoms with van der Waals surface area (Å²) in [5.74, 6) is 1.53. The lowest BCUT2D eigenvalue weighted by Crippen LogP contribution is -2.32.